The molecular weight excluding hydrogens is 549 g/mol. The summed E-state index contributed by atoms with van der Waals surface area (Å²) in [6.45, 7) is 4.80. The smallest absolute Gasteiger partial charge is 0.0361 e. The van der Waals surface area contributed by atoms with E-state index >= 15 is 0 Å². The van der Waals surface area contributed by atoms with Crippen LogP contribution in [0.25, 0.3) is 85.9 Å². The van der Waals surface area contributed by atoms with E-state index in [1.807, 2.05) is 11.3 Å². The van der Waals surface area contributed by atoms with Crippen LogP contribution in [0.1, 0.15) is 25.0 Å². The van der Waals surface area contributed by atoms with Gasteiger partial charge in [-0.25, -0.2) is 0 Å². The topological polar surface area (TPSA) is 0 Å². The summed E-state index contributed by atoms with van der Waals surface area (Å²) in [5, 5.41) is 10.8. The van der Waals surface area contributed by atoms with Gasteiger partial charge in [-0.2, -0.15) is 0 Å². The van der Waals surface area contributed by atoms with E-state index in [2.05, 4.69) is 147 Å². The van der Waals surface area contributed by atoms with Crippen molar-refractivity contribution in [2.75, 3.05) is 0 Å². The molecule has 0 saturated heterocycles. The summed E-state index contributed by atoms with van der Waals surface area (Å²) in [4.78, 5) is 0. The van der Waals surface area contributed by atoms with Gasteiger partial charge in [0.1, 0.15) is 0 Å². The molecule has 1 heterocycles. The van der Waals surface area contributed by atoms with Gasteiger partial charge in [-0.05, 0) is 95.0 Å². The van der Waals surface area contributed by atoms with Gasteiger partial charge < -0.3 is 0 Å². The van der Waals surface area contributed by atoms with Crippen LogP contribution >= 0.6 is 11.3 Å². The molecule has 44 heavy (non-hydrogen) atoms. The molecule has 0 aliphatic heterocycles. The predicted octanol–water partition coefficient (Wildman–Crippen LogP) is 12.6. The zero-order valence-electron chi connectivity index (χ0n) is 24.6. The van der Waals surface area contributed by atoms with E-state index in [1.165, 1.54) is 97.0 Å². The van der Waals surface area contributed by atoms with Crippen molar-refractivity contribution in [3.8, 4) is 33.4 Å². The summed E-state index contributed by atoms with van der Waals surface area (Å²) in [6.07, 6.45) is 0. The van der Waals surface area contributed by atoms with E-state index in [4.69, 9.17) is 0 Å². The zero-order chi connectivity index (χ0) is 29.2. The Morgan fingerprint density at radius 2 is 1.07 bits per heavy atom. The molecule has 1 aromatic heterocycles. The van der Waals surface area contributed by atoms with Crippen LogP contribution < -0.4 is 0 Å². The zero-order valence-corrected chi connectivity index (χ0v) is 25.4. The average molecular weight is 577 g/mol. The third-order valence-electron chi connectivity index (χ3n) is 10.2. The van der Waals surface area contributed by atoms with Crippen molar-refractivity contribution in [2.24, 2.45) is 0 Å². The SMILES string of the molecule is CC1(C)c2cc(-c3ccc4ccc5c(-c6ccccc6)ccc6ccc3c4c65)ccc2-c2c1ccc1sc3ccccc3c21. The Morgan fingerprint density at radius 3 is 1.82 bits per heavy atom. The minimum absolute atomic E-state index is 0.0771. The van der Waals surface area contributed by atoms with Crippen LogP contribution in [-0.4, -0.2) is 0 Å². The highest BCUT2D eigenvalue weighted by atomic mass is 32.1. The Kier molecular flexibility index (Phi) is 4.76. The number of thiophene rings is 1. The molecule has 10 rings (SSSR count). The molecule has 1 aliphatic carbocycles. The Hall–Kier alpha value is -4.98. The van der Waals surface area contributed by atoms with Gasteiger partial charge >= 0.3 is 0 Å². The second-order valence-corrected chi connectivity index (χ2v) is 13.9. The van der Waals surface area contributed by atoms with Crippen LogP contribution in [0.5, 0.6) is 0 Å². The van der Waals surface area contributed by atoms with Crippen molar-refractivity contribution in [1.82, 2.24) is 0 Å². The Bertz CT molecular complexity index is 2620. The number of benzene rings is 8. The van der Waals surface area contributed by atoms with E-state index in [0.717, 1.165) is 0 Å². The average Bonchev–Trinajstić information content (AvgIpc) is 3.55. The van der Waals surface area contributed by atoms with Crippen molar-refractivity contribution in [3.05, 3.63) is 145 Å². The maximum atomic E-state index is 2.48. The van der Waals surface area contributed by atoms with E-state index in [9.17, 15) is 0 Å². The van der Waals surface area contributed by atoms with Crippen molar-refractivity contribution in [2.45, 2.75) is 19.3 Å². The third-order valence-corrected chi connectivity index (χ3v) is 11.4. The lowest BCUT2D eigenvalue weighted by molar-refractivity contribution is 0.661. The second kappa shape index (κ2) is 8.56. The van der Waals surface area contributed by atoms with Gasteiger partial charge in [0, 0.05) is 25.6 Å². The summed E-state index contributed by atoms with van der Waals surface area (Å²) in [6, 6.07) is 50.1. The largest absolute Gasteiger partial charge is 0.135 e. The molecule has 9 aromatic rings. The lowest BCUT2D eigenvalue weighted by Gasteiger charge is -2.22. The normalized spacial score (nSPS) is 13.9. The van der Waals surface area contributed by atoms with E-state index < -0.39 is 0 Å². The van der Waals surface area contributed by atoms with E-state index in [0.29, 0.717) is 0 Å². The highest BCUT2D eigenvalue weighted by Gasteiger charge is 2.37. The minimum Gasteiger partial charge on any atom is -0.135 e. The van der Waals surface area contributed by atoms with Crippen LogP contribution in [0.4, 0.5) is 0 Å². The van der Waals surface area contributed by atoms with Gasteiger partial charge in [-0.15, -0.1) is 11.3 Å². The van der Waals surface area contributed by atoms with Crippen LogP contribution in [0, 0.1) is 0 Å². The lowest BCUT2D eigenvalue weighted by atomic mass is 9.81. The monoisotopic (exact) mass is 576 g/mol. The predicted molar refractivity (Wildman–Crippen MR) is 191 cm³/mol. The van der Waals surface area contributed by atoms with Gasteiger partial charge in [0.15, 0.2) is 0 Å². The van der Waals surface area contributed by atoms with E-state index in [-0.39, 0.29) is 5.41 Å². The molecule has 1 aliphatic rings. The standard InChI is InChI=1S/C43H28S/c1-43(2)35-22-23-38-42(34-10-6-7-11-37(34)44-38)41(35)33-21-16-28(24-36(33)43)30-18-13-27-14-19-31-29(25-8-4-3-5-9-25)17-12-26-15-20-32(30)40(27)39(26)31/h3-24H,1-2H3. The van der Waals surface area contributed by atoms with Gasteiger partial charge in [0.25, 0.3) is 0 Å². The molecule has 0 unspecified atom stereocenters. The van der Waals surface area contributed by atoms with Gasteiger partial charge in [-0.3, -0.25) is 0 Å². The quantitative estimate of drug-likeness (QED) is 0.180. The van der Waals surface area contributed by atoms with Crippen LogP contribution in [0.3, 0.4) is 0 Å². The molecule has 1 heteroatoms. The lowest BCUT2D eigenvalue weighted by Crippen LogP contribution is -2.14. The van der Waals surface area contributed by atoms with Crippen molar-refractivity contribution in [1.29, 1.82) is 0 Å². The van der Waals surface area contributed by atoms with Crippen LogP contribution in [0.2, 0.25) is 0 Å². The molecule has 8 aromatic carbocycles. The fraction of sp³-hybridized carbons (Fsp3) is 0.0698. The Balaban J connectivity index is 1.22. The molecule has 0 saturated carbocycles. The Morgan fingerprint density at radius 1 is 0.432 bits per heavy atom. The molecule has 0 amide bonds. The van der Waals surface area contributed by atoms with Crippen molar-refractivity contribution in [3.63, 3.8) is 0 Å². The summed E-state index contributed by atoms with van der Waals surface area (Å²) >= 11 is 1.91. The Labute approximate surface area is 260 Å². The minimum atomic E-state index is -0.0771. The molecule has 0 radical (unpaired) electrons. The molecule has 0 spiro atoms. The first-order valence-electron chi connectivity index (χ1n) is 15.4. The maximum Gasteiger partial charge on any atom is 0.0361 e. The first-order valence-corrected chi connectivity index (χ1v) is 16.3. The number of rotatable bonds is 2. The highest BCUT2D eigenvalue weighted by molar-refractivity contribution is 7.26. The first-order chi connectivity index (χ1) is 21.6. The van der Waals surface area contributed by atoms with Gasteiger partial charge in [-0.1, -0.05) is 129 Å². The summed E-state index contributed by atoms with van der Waals surface area (Å²) in [5.74, 6) is 0. The molecule has 0 fully saturated rings. The molecule has 0 nitrogen and oxygen atoms in total. The number of fused-ring (bicyclic) bond motifs is 7. The van der Waals surface area contributed by atoms with Crippen LogP contribution in [0.15, 0.2) is 133 Å². The third kappa shape index (κ3) is 3.12. The van der Waals surface area contributed by atoms with Crippen LogP contribution in [-0.2, 0) is 5.41 Å². The van der Waals surface area contributed by atoms with Crippen molar-refractivity contribution >= 4 is 63.8 Å². The van der Waals surface area contributed by atoms with Crippen molar-refractivity contribution < 1.29 is 0 Å². The number of hydrogen-bond acceptors (Lipinski definition) is 1. The fourth-order valence-electron chi connectivity index (χ4n) is 8.13. The molecule has 0 atom stereocenters. The first kappa shape index (κ1) is 24.5. The number of hydrogen-bond donors (Lipinski definition) is 0. The molecule has 206 valence electrons. The molecular formula is C43H28S. The summed E-state index contributed by atoms with van der Waals surface area (Å²) in [7, 11) is 0. The molecule has 0 bridgehead atoms. The summed E-state index contributed by atoms with van der Waals surface area (Å²) in [5.41, 5.74) is 10.7. The maximum absolute atomic E-state index is 2.48. The van der Waals surface area contributed by atoms with Gasteiger partial charge in [0.2, 0.25) is 0 Å². The highest BCUT2D eigenvalue weighted by Crippen LogP contribution is 2.55. The second-order valence-electron chi connectivity index (χ2n) is 12.9. The van der Waals surface area contributed by atoms with E-state index in [1.54, 1.807) is 0 Å². The summed E-state index contributed by atoms with van der Waals surface area (Å²) < 4.78 is 2.74. The molecule has 0 N–H and O–H groups in total. The van der Waals surface area contributed by atoms with Gasteiger partial charge in [0.05, 0.1) is 0 Å². The fourth-order valence-corrected chi connectivity index (χ4v) is 9.25.